The number of aromatic carboxylic acids is 1. The van der Waals surface area contributed by atoms with Gasteiger partial charge in [-0.05, 0) is 29.3 Å². The van der Waals surface area contributed by atoms with Gasteiger partial charge in [-0.1, -0.05) is 24.3 Å². The molecule has 2 aromatic carbocycles. The maximum absolute atomic E-state index is 13.6. The van der Waals surface area contributed by atoms with Crippen molar-refractivity contribution in [2.24, 2.45) is 5.73 Å². The molecule has 0 aliphatic carbocycles. The van der Waals surface area contributed by atoms with E-state index < -0.39 is 23.3 Å². The Labute approximate surface area is 108 Å². The summed E-state index contributed by atoms with van der Waals surface area (Å²) in [6, 6.07) is 10.1. The van der Waals surface area contributed by atoms with E-state index in [1.54, 1.807) is 12.1 Å². The molecule has 0 aliphatic heterocycles. The van der Waals surface area contributed by atoms with Crippen LogP contribution in [0, 0.1) is 5.82 Å². The molecule has 0 aromatic heterocycles. The lowest BCUT2D eigenvalue weighted by atomic mass is 9.97. The number of carbonyl (C=O) groups is 2. The molecule has 5 heteroatoms. The van der Waals surface area contributed by atoms with Crippen LogP contribution in [0.5, 0.6) is 0 Å². The van der Waals surface area contributed by atoms with Gasteiger partial charge in [-0.3, -0.25) is 4.79 Å². The van der Waals surface area contributed by atoms with Crippen LogP contribution in [0.1, 0.15) is 20.7 Å². The smallest absolute Gasteiger partial charge is 0.339 e. The van der Waals surface area contributed by atoms with E-state index in [4.69, 9.17) is 10.8 Å². The van der Waals surface area contributed by atoms with Crippen LogP contribution < -0.4 is 5.73 Å². The van der Waals surface area contributed by atoms with Gasteiger partial charge in [0.05, 0.1) is 0 Å². The van der Waals surface area contributed by atoms with E-state index in [1.807, 2.05) is 0 Å². The van der Waals surface area contributed by atoms with Gasteiger partial charge in [0.25, 0.3) is 0 Å². The number of rotatable bonds is 3. The number of carboxylic acid groups (broad SMARTS) is 1. The molecule has 2 aromatic rings. The van der Waals surface area contributed by atoms with Crippen LogP contribution >= 0.6 is 0 Å². The summed E-state index contributed by atoms with van der Waals surface area (Å²) in [4.78, 5) is 22.2. The number of halogens is 1. The summed E-state index contributed by atoms with van der Waals surface area (Å²) >= 11 is 0. The van der Waals surface area contributed by atoms with Crippen molar-refractivity contribution in [1.29, 1.82) is 0 Å². The minimum atomic E-state index is -1.36. The molecule has 1 amide bonds. The van der Waals surface area contributed by atoms with Gasteiger partial charge in [0.15, 0.2) is 0 Å². The van der Waals surface area contributed by atoms with Gasteiger partial charge in [0, 0.05) is 5.56 Å². The van der Waals surface area contributed by atoms with Gasteiger partial charge in [-0.2, -0.15) is 0 Å². The third-order valence-electron chi connectivity index (χ3n) is 2.69. The third kappa shape index (κ3) is 2.44. The Morgan fingerprint density at radius 2 is 1.79 bits per heavy atom. The zero-order valence-corrected chi connectivity index (χ0v) is 9.76. The molecular formula is C14H10FNO3. The first-order valence-corrected chi connectivity index (χ1v) is 5.42. The Morgan fingerprint density at radius 3 is 2.42 bits per heavy atom. The molecule has 96 valence electrons. The Bertz CT molecular complexity index is 667. The van der Waals surface area contributed by atoms with E-state index in [1.165, 1.54) is 24.3 Å². The van der Waals surface area contributed by atoms with Crippen molar-refractivity contribution in [3.63, 3.8) is 0 Å². The number of amides is 1. The second-order valence-electron chi connectivity index (χ2n) is 3.91. The lowest BCUT2D eigenvalue weighted by molar-refractivity contribution is 0.0692. The number of benzene rings is 2. The molecule has 4 nitrogen and oxygen atoms in total. The third-order valence-corrected chi connectivity index (χ3v) is 2.69. The summed E-state index contributed by atoms with van der Waals surface area (Å²) < 4.78 is 13.6. The van der Waals surface area contributed by atoms with Crippen LogP contribution in [0.2, 0.25) is 0 Å². The van der Waals surface area contributed by atoms with E-state index in [0.717, 1.165) is 6.07 Å². The van der Waals surface area contributed by atoms with Crippen molar-refractivity contribution in [2.45, 2.75) is 0 Å². The lowest BCUT2D eigenvalue weighted by Crippen LogP contribution is -2.11. The van der Waals surface area contributed by atoms with Crippen LogP contribution in [0.15, 0.2) is 42.5 Å². The first kappa shape index (κ1) is 12.8. The van der Waals surface area contributed by atoms with Gasteiger partial charge in [0.2, 0.25) is 5.91 Å². The minimum absolute atomic E-state index is 0.204. The van der Waals surface area contributed by atoms with E-state index >= 15 is 0 Å². The average molecular weight is 259 g/mol. The van der Waals surface area contributed by atoms with Crippen molar-refractivity contribution in [2.75, 3.05) is 0 Å². The highest BCUT2D eigenvalue weighted by atomic mass is 19.1. The molecule has 2 rings (SSSR count). The van der Waals surface area contributed by atoms with Gasteiger partial charge in [-0.15, -0.1) is 0 Å². The van der Waals surface area contributed by atoms with Gasteiger partial charge in [-0.25, -0.2) is 9.18 Å². The highest BCUT2D eigenvalue weighted by Crippen LogP contribution is 2.26. The zero-order chi connectivity index (χ0) is 14.0. The molecule has 0 saturated carbocycles. The topological polar surface area (TPSA) is 80.4 Å². The SMILES string of the molecule is NC(=O)c1cccc(-c2cccc(F)c2C(=O)O)c1. The predicted octanol–water partition coefficient (Wildman–Crippen LogP) is 2.29. The van der Waals surface area contributed by atoms with Crippen LogP contribution in [-0.4, -0.2) is 17.0 Å². The molecule has 0 unspecified atom stereocenters. The molecule has 0 atom stereocenters. The van der Waals surface area contributed by atoms with Crippen LogP contribution in [0.25, 0.3) is 11.1 Å². The molecule has 0 radical (unpaired) electrons. The molecule has 0 bridgehead atoms. The molecule has 0 fully saturated rings. The predicted molar refractivity (Wildman–Crippen MR) is 67.3 cm³/mol. The standard InChI is InChI=1S/C14H10FNO3/c15-11-6-2-5-10(12(11)14(18)19)8-3-1-4-9(7-8)13(16)17/h1-7H,(H2,16,17)(H,18,19). The van der Waals surface area contributed by atoms with Crippen LogP contribution in [-0.2, 0) is 0 Å². The number of carbonyl (C=O) groups excluding carboxylic acids is 1. The number of nitrogens with two attached hydrogens (primary N) is 1. The van der Waals surface area contributed by atoms with Crippen molar-refractivity contribution in [3.05, 3.63) is 59.4 Å². The molecule has 0 spiro atoms. The summed E-state index contributed by atoms with van der Waals surface area (Å²) in [5, 5.41) is 9.05. The fraction of sp³-hybridized carbons (Fsp3) is 0. The van der Waals surface area contributed by atoms with E-state index in [9.17, 15) is 14.0 Å². The molecule has 0 heterocycles. The quantitative estimate of drug-likeness (QED) is 0.887. The second-order valence-corrected chi connectivity index (χ2v) is 3.91. The van der Waals surface area contributed by atoms with E-state index in [-0.39, 0.29) is 11.1 Å². The maximum Gasteiger partial charge on any atom is 0.339 e. The van der Waals surface area contributed by atoms with Crippen molar-refractivity contribution < 1.29 is 19.1 Å². The van der Waals surface area contributed by atoms with Gasteiger partial charge in [0.1, 0.15) is 11.4 Å². The zero-order valence-electron chi connectivity index (χ0n) is 9.76. The Kier molecular flexibility index (Phi) is 3.29. The van der Waals surface area contributed by atoms with Gasteiger partial charge >= 0.3 is 5.97 Å². The molecule has 0 saturated heterocycles. The first-order chi connectivity index (χ1) is 9.00. The Hall–Kier alpha value is -2.69. The number of carboxylic acids is 1. The van der Waals surface area contributed by atoms with E-state index in [2.05, 4.69) is 0 Å². The summed E-state index contributed by atoms with van der Waals surface area (Å²) in [6.45, 7) is 0. The number of hydrogen-bond acceptors (Lipinski definition) is 2. The summed E-state index contributed by atoms with van der Waals surface area (Å²) in [5.41, 5.74) is 5.60. The molecular weight excluding hydrogens is 249 g/mol. The summed E-state index contributed by atoms with van der Waals surface area (Å²) in [7, 11) is 0. The highest BCUT2D eigenvalue weighted by molar-refractivity contribution is 5.98. The number of primary amides is 1. The molecule has 3 N–H and O–H groups in total. The average Bonchev–Trinajstić information content (AvgIpc) is 2.38. The van der Waals surface area contributed by atoms with Crippen molar-refractivity contribution >= 4 is 11.9 Å². The Morgan fingerprint density at radius 1 is 1.11 bits per heavy atom. The lowest BCUT2D eigenvalue weighted by Gasteiger charge is -2.08. The largest absolute Gasteiger partial charge is 0.478 e. The van der Waals surface area contributed by atoms with Crippen LogP contribution in [0.3, 0.4) is 0 Å². The number of hydrogen-bond donors (Lipinski definition) is 2. The van der Waals surface area contributed by atoms with Gasteiger partial charge < -0.3 is 10.8 Å². The minimum Gasteiger partial charge on any atom is -0.478 e. The van der Waals surface area contributed by atoms with Crippen LogP contribution in [0.4, 0.5) is 4.39 Å². The fourth-order valence-corrected chi connectivity index (χ4v) is 1.82. The fourth-order valence-electron chi connectivity index (χ4n) is 1.82. The molecule has 0 aliphatic rings. The Balaban J connectivity index is 2.65. The van der Waals surface area contributed by atoms with E-state index in [0.29, 0.717) is 5.56 Å². The normalized spacial score (nSPS) is 10.2. The van der Waals surface area contributed by atoms with Crippen molar-refractivity contribution in [1.82, 2.24) is 0 Å². The second kappa shape index (κ2) is 4.89. The first-order valence-electron chi connectivity index (χ1n) is 5.42. The monoisotopic (exact) mass is 259 g/mol. The maximum atomic E-state index is 13.6. The summed E-state index contributed by atoms with van der Waals surface area (Å²) in [5.74, 6) is -2.82. The molecule has 19 heavy (non-hydrogen) atoms. The van der Waals surface area contributed by atoms with Crippen molar-refractivity contribution in [3.8, 4) is 11.1 Å². The summed E-state index contributed by atoms with van der Waals surface area (Å²) in [6.07, 6.45) is 0. The highest BCUT2D eigenvalue weighted by Gasteiger charge is 2.17.